The molecule has 1 aromatic heterocycles. The van der Waals surface area contributed by atoms with Crippen LogP contribution in [-0.4, -0.2) is 32.1 Å². The summed E-state index contributed by atoms with van der Waals surface area (Å²) in [5.74, 6) is -0.629. The van der Waals surface area contributed by atoms with Crippen molar-refractivity contribution in [1.29, 1.82) is 0 Å². The normalized spacial score (nSPS) is 13.7. The van der Waals surface area contributed by atoms with E-state index in [9.17, 15) is 9.90 Å². The smallest absolute Gasteiger partial charge is 0.273 e. The van der Waals surface area contributed by atoms with Crippen LogP contribution in [0, 0.1) is 0 Å². The number of primary amides is 1. The lowest BCUT2D eigenvalue weighted by Gasteiger charge is -2.20. The second-order valence-corrected chi connectivity index (χ2v) is 5.32. The molecule has 5 N–H and O–H groups in total. The summed E-state index contributed by atoms with van der Waals surface area (Å²) in [4.78, 5) is 11.2. The maximum absolute atomic E-state index is 11.2. The van der Waals surface area contributed by atoms with Crippen molar-refractivity contribution < 1.29 is 9.90 Å². The quantitative estimate of drug-likeness (QED) is 0.702. The molecule has 7 nitrogen and oxygen atoms in total. The minimum absolute atomic E-state index is 0.0614. The minimum Gasteiger partial charge on any atom is -0.391 e. The lowest BCUT2D eigenvalue weighted by molar-refractivity contribution is 0.0995. The zero-order valence-electron chi connectivity index (χ0n) is 12.5. The van der Waals surface area contributed by atoms with Crippen LogP contribution in [0.15, 0.2) is 30.3 Å². The van der Waals surface area contributed by atoms with Gasteiger partial charge in [-0.25, -0.2) is 4.68 Å². The van der Waals surface area contributed by atoms with Crippen LogP contribution in [0.4, 0.5) is 5.82 Å². The van der Waals surface area contributed by atoms with Gasteiger partial charge in [0.2, 0.25) is 0 Å². The number of carbonyl (C=O) groups is 1. The van der Waals surface area contributed by atoms with E-state index < -0.39 is 12.0 Å². The fourth-order valence-electron chi connectivity index (χ4n) is 2.45. The van der Waals surface area contributed by atoms with Crippen LogP contribution < -0.4 is 11.5 Å². The second kappa shape index (κ2) is 7.04. The first-order valence-electron chi connectivity index (χ1n) is 7.23. The van der Waals surface area contributed by atoms with E-state index in [0.29, 0.717) is 6.42 Å². The zero-order chi connectivity index (χ0) is 16.1. The Hall–Kier alpha value is -2.41. The molecule has 2 rings (SSSR count). The van der Waals surface area contributed by atoms with E-state index in [-0.39, 0.29) is 17.6 Å². The van der Waals surface area contributed by atoms with Crippen molar-refractivity contribution in [1.82, 2.24) is 15.0 Å². The number of nitrogen functional groups attached to an aromatic ring is 1. The average molecular weight is 303 g/mol. The van der Waals surface area contributed by atoms with Crippen LogP contribution in [0.2, 0.25) is 0 Å². The van der Waals surface area contributed by atoms with Gasteiger partial charge in [0.05, 0.1) is 12.1 Å². The van der Waals surface area contributed by atoms with E-state index in [1.54, 1.807) is 6.92 Å². The molecule has 0 aliphatic rings. The summed E-state index contributed by atoms with van der Waals surface area (Å²) < 4.78 is 1.38. The number of rotatable bonds is 7. The Kier molecular flexibility index (Phi) is 5.11. The molecular weight excluding hydrogens is 282 g/mol. The highest BCUT2D eigenvalue weighted by Crippen LogP contribution is 2.23. The highest BCUT2D eigenvalue weighted by atomic mass is 16.3. The number of aromatic nitrogens is 3. The third kappa shape index (κ3) is 3.62. The summed E-state index contributed by atoms with van der Waals surface area (Å²) in [6.07, 6.45) is 1.74. The number of aliphatic hydroxyl groups is 1. The van der Waals surface area contributed by atoms with Gasteiger partial charge >= 0.3 is 0 Å². The number of nitrogens with two attached hydrogens (primary N) is 2. The zero-order valence-corrected chi connectivity index (χ0v) is 12.5. The molecule has 1 amide bonds. The van der Waals surface area contributed by atoms with Crippen LogP contribution in [-0.2, 0) is 6.42 Å². The number of benzene rings is 1. The molecule has 2 aromatic rings. The van der Waals surface area contributed by atoms with Gasteiger partial charge in [-0.3, -0.25) is 4.79 Å². The SMILES string of the molecule is CC(O)C(CCCc1ccccc1)n1nnc(C(N)=O)c1N. The van der Waals surface area contributed by atoms with Crippen LogP contribution in [0.3, 0.4) is 0 Å². The van der Waals surface area contributed by atoms with Gasteiger partial charge in [0.25, 0.3) is 5.91 Å². The highest BCUT2D eigenvalue weighted by Gasteiger charge is 2.24. The Bertz CT molecular complexity index is 624. The molecule has 118 valence electrons. The first-order chi connectivity index (χ1) is 10.5. The molecule has 1 heterocycles. The Morgan fingerprint density at radius 3 is 2.59 bits per heavy atom. The van der Waals surface area contributed by atoms with Gasteiger partial charge < -0.3 is 16.6 Å². The van der Waals surface area contributed by atoms with Crippen molar-refractivity contribution in [2.24, 2.45) is 5.73 Å². The molecule has 0 radical (unpaired) electrons. The van der Waals surface area contributed by atoms with E-state index in [2.05, 4.69) is 22.4 Å². The summed E-state index contributed by atoms with van der Waals surface area (Å²) in [5.41, 5.74) is 12.2. The van der Waals surface area contributed by atoms with Crippen LogP contribution in [0.25, 0.3) is 0 Å². The highest BCUT2D eigenvalue weighted by molar-refractivity contribution is 5.94. The number of anilines is 1. The van der Waals surface area contributed by atoms with E-state index in [4.69, 9.17) is 11.5 Å². The topological polar surface area (TPSA) is 120 Å². The molecule has 0 bridgehead atoms. The van der Waals surface area contributed by atoms with Crippen molar-refractivity contribution in [2.45, 2.75) is 38.3 Å². The van der Waals surface area contributed by atoms with Gasteiger partial charge in [0.15, 0.2) is 11.5 Å². The molecule has 0 saturated heterocycles. The number of amides is 1. The molecule has 0 spiro atoms. The number of aryl methyl sites for hydroxylation is 1. The molecule has 1 aromatic carbocycles. The Labute approximate surface area is 128 Å². The largest absolute Gasteiger partial charge is 0.391 e. The number of aliphatic hydroxyl groups excluding tert-OH is 1. The number of hydrogen-bond donors (Lipinski definition) is 3. The van der Waals surface area contributed by atoms with Crippen molar-refractivity contribution in [2.75, 3.05) is 5.73 Å². The maximum Gasteiger partial charge on any atom is 0.273 e. The molecule has 7 heteroatoms. The van der Waals surface area contributed by atoms with Gasteiger partial charge in [-0.1, -0.05) is 35.5 Å². The first-order valence-corrected chi connectivity index (χ1v) is 7.23. The predicted octanol–water partition coefficient (Wildman–Crippen LogP) is 0.904. The van der Waals surface area contributed by atoms with Crippen molar-refractivity contribution >= 4 is 11.7 Å². The summed E-state index contributed by atoms with van der Waals surface area (Å²) in [7, 11) is 0. The monoisotopic (exact) mass is 303 g/mol. The van der Waals surface area contributed by atoms with Gasteiger partial charge in [0.1, 0.15) is 0 Å². The minimum atomic E-state index is -0.725. The molecule has 0 fully saturated rings. The predicted molar refractivity (Wildman–Crippen MR) is 83.1 cm³/mol. The standard InChI is InChI=1S/C15H21N5O2/c1-10(21)12(9-5-8-11-6-3-2-4-7-11)20-14(16)13(15(17)22)18-19-20/h2-4,6-7,10,12,21H,5,8-9,16H2,1H3,(H2,17,22). The summed E-state index contributed by atoms with van der Waals surface area (Å²) in [6.45, 7) is 1.66. The van der Waals surface area contributed by atoms with E-state index >= 15 is 0 Å². The summed E-state index contributed by atoms with van der Waals surface area (Å²) in [6, 6.07) is 9.75. The van der Waals surface area contributed by atoms with Crippen LogP contribution >= 0.6 is 0 Å². The average Bonchev–Trinajstić information content (AvgIpc) is 2.86. The molecule has 0 aliphatic heterocycles. The van der Waals surface area contributed by atoms with E-state index in [1.165, 1.54) is 10.2 Å². The van der Waals surface area contributed by atoms with Crippen molar-refractivity contribution in [3.63, 3.8) is 0 Å². The Morgan fingerprint density at radius 2 is 2.05 bits per heavy atom. The van der Waals surface area contributed by atoms with Crippen LogP contribution in [0.1, 0.15) is 41.9 Å². The third-order valence-electron chi connectivity index (χ3n) is 3.64. The molecule has 0 saturated carbocycles. The van der Waals surface area contributed by atoms with Crippen molar-refractivity contribution in [3.05, 3.63) is 41.6 Å². The van der Waals surface area contributed by atoms with Gasteiger partial charge in [-0.15, -0.1) is 5.10 Å². The van der Waals surface area contributed by atoms with Gasteiger partial charge in [0, 0.05) is 0 Å². The maximum atomic E-state index is 11.2. The third-order valence-corrected chi connectivity index (χ3v) is 3.64. The number of hydrogen-bond acceptors (Lipinski definition) is 5. The molecule has 2 atom stereocenters. The Balaban J connectivity index is 2.06. The Morgan fingerprint density at radius 1 is 1.36 bits per heavy atom. The second-order valence-electron chi connectivity index (χ2n) is 5.32. The molecular formula is C15H21N5O2. The first kappa shape index (κ1) is 16.0. The lowest BCUT2D eigenvalue weighted by atomic mass is 10.0. The fraction of sp³-hybridized carbons (Fsp3) is 0.400. The van der Waals surface area contributed by atoms with E-state index in [1.807, 2.05) is 18.2 Å². The molecule has 2 unspecified atom stereocenters. The number of carbonyl (C=O) groups excluding carboxylic acids is 1. The number of nitrogens with zero attached hydrogens (tertiary/aromatic N) is 3. The fourth-order valence-corrected chi connectivity index (χ4v) is 2.45. The summed E-state index contributed by atoms with van der Waals surface area (Å²) in [5, 5.41) is 17.5. The van der Waals surface area contributed by atoms with Gasteiger partial charge in [-0.05, 0) is 31.7 Å². The molecule has 0 aliphatic carbocycles. The van der Waals surface area contributed by atoms with Crippen LogP contribution in [0.5, 0.6) is 0 Å². The molecule has 22 heavy (non-hydrogen) atoms. The summed E-state index contributed by atoms with van der Waals surface area (Å²) >= 11 is 0. The van der Waals surface area contributed by atoms with E-state index in [0.717, 1.165) is 12.8 Å². The van der Waals surface area contributed by atoms with Gasteiger partial charge in [-0.2, -0.15) is 0 Å². The lowest BCUT2D eigenvalue weighted by Crippen LogP contribution is -2.24. The van der Waals surface area contributed by atoms with Crippen molar-refractivity contribution in [3.8, 4) is 0 Å².